The highest BCUT2D eigenvalue weighted by molar-refractivity contribution is 9.10. The summed E-state index contributed by atoms with van der Waals surface area (Å²) in [5.41, 5.74) is 4.36. The van der Waals surface area contributed by atoms with Crippen LogP contribution in [0.2, 0.25) is 0 Å². The topological polar surface area (TPSA) is 80.2 Å². The van der Waals surface area contributed by atoms with Crippen LogP contribution in [0.5, 0.6) is 11.5 Å². The maximum Gasteiger partial charge on any atom is 0.267 e. The van der Waals surface area contributed by atoms with Crippen LogP contribution in [0.25, 0.3) is 6.08 Å². The van der Waals surface area contributed by atoms with Crippen molar-refractivity contribution >= 4 is 62.1 Å². The molecular formula is C33H28BrN3O4S. The Hall–Kier alpha value is -4.34. The third-order valence-corrected chi connectivity index (χ3v) is 7.94. The van der Waals surface area contributed by atoms with Crippen LogP contribution in [-0.2, 0) is 16.1 Å². The zero-order chi connectivity index (χ0) is 29.5. The normalized spacial score (nSPS) is 14.8. The molecule has 4 aromatic carbocycles. The summed E-state index contributed by atoms with van der Waals surface area (Å²) in [7, 11) is 1.62. The zero-order valence-electron chi connectivity index (χ0n) is 23.0. The van der Waals surface area contributed by atoms with Gasteiger partial charge in [0.1, 0.15) is 11.5 Å². The molecule has 5 rings (SSSR count). The number of benzene rings is 4. The summed E-state index contributed by atoms with van der Waals surface area (Å²) >= 11 is 4.87. The van der Waals surface area contributed by atoms with Gasteiger partial charge in [0.2, 0.25) is 0 Å². The highest BCUT2D eigenvalue weighted by Crippen LogP contribution is 2.36. The average molecular weight is 643 g/mol. The molecule has 4 aromatic rings. The fourth-order valence-corrected chi connectivity index (χ4v) is 5.62. The largest absolute Gasteiger partial charge is 0.497 e. The van der Waals surface area contributed by atoms with Crippen molar-refractivity contribution in [2.75, 3.05) is 19.0 Å². The Kier molecular flexibility index (Phi) is 9.41. The van der Waals surface area contributed by atoms with E-state index in [1.165, 1.54) is 11.8 Å². The number of aryl methyl sites for hydroxylation is 1. The molecule has 1 heterocycles. The van der Waals surface area contributed by atoms with E-state index in [0.717, 1.165) is 28.1 Å². The van der Waals surface area contributed by atoms with Crippen molar-refractivity contribution in [3.63, 3.8) is 0 Å². The average Bonchev–Trinajstić information content (AvgIpc) is 3.27. The zero-order valence-corrected chi connectivity index (χ0v) is 25.4. The van der Waals surface area contributed by atoms with Gasteiger partial charge in [-0.25, -0.2) is 4.99 Å². The van der Waals surface area contributed by atoms with Crippen LogP contribution in [0, 0.1) is 6.92 Å². The second-order valence-electron chi connectivity index (χ2n) is 9.47. The van der Waals surface area contributed by atoms with Crippen molar-refractivity contribution in [3.8, 4) is 11.5 Å². The lowest BCUT2D eigenvalue weighted by atomic mass is 10.2. The van der Waals surface area contributed by atoms with Crippen LogP contribution < -0.4 is 14.8 Å². The summed E-state index contributed by atoms with van der Waals surface area (Å²) in [5, 5.41) is 3.42. The molecule has 0 unspecified atom stereocenters. The second kappa shape index (κ2) is 13.5. The molecule has 1 fully saturated rings. The number of hydrogen-bond donors (Lipinski definition) is 1. The first-order valence-corrected chi connectivity index (χ1v) is 14.8. The Bertz CT molecular complexity index is 1640. The van der Waals surface area contributed by atoms with Crippen molar-refractivity contribution in [1.82, 2.24) is 4.90 Å². The fourth-order valence-electron chi connectivity index (χ4n) is 4.11. The number of aliphatic imine (C=N–C) groups is 1. The monoisotopic (exact) mass is 641 g/mol. The number of rotatable bonds is 9. The summed E-state index contributed by atoms with van der Waals surface area (Å²) in [4.78, 5) is 32.9. The molecule has 9 heteroatoms. The molecule has 42 heavy (non-hydrogen) atoms. The van der Waals surface area contributed by atoms with Gasteiger partial charge in [-0.2, -0.15) is 0 Å². The minimum absolute atomic E-state index is 0.130. The van der Waals surface area contributed by atoms with Crippen LogP contribution in [0.3, 0.4) is 0 Å². The van der Waals surface area contributed by atoms with E-state index in [1.54, 1.807) is 18.1 Å². The van der Waals surface area contributed by atoms with Gasteiger partial charge in [-0.1, -0.05) is 54.1 Å². The molecule has 212 valence electrons. The Morgan fingerprint density at radius 2 is 1.74 bits per heavy atom. The molecule has 0 bridgehead atoms. The minimum Gasteiger partial charge on any atom is -0.497 e. The number of para-hydroxylation sites is 1. The maximum atomic E-state index is 13.6. The molecule has 1 aliphatic rings. The van der Waals surface area contributed by atoms with E-state index in [0.29, 0.717) is 32.5 Å². The molecule has 0 spiro atoms. The fraction of sp³-hybridized carbons (Fsp3) is 0.121. The number of thioether (sulfide) groups is 1. The van der Waals surface area contributed by atoms with Gasteiger partial charge >= 0.3 is 0 Å². The number of hydrogen-bond acceptors (Lipinski definition) is 6. The standard InChI is InChI=1S/C33H28BrN3O4S/c1-22-8-13-26(14-9-22)35-31(38)21-41-29-17-12-24(18-28(29)34)19-30-32(39)37(20-23-10-15-27(40-2)16-11-23)33(42-30)36-25-6-4-3-5-7-25/h3-19H,20-21H2,1-2H3,(H,35,38)/b30-19-,36-33?. The highest BCUT2D eigenvalue weighted by Gasteiger charge is 2.33. The Morgan fingerprint density at radius 3 is 2.43 bits per heavy atom. The van der Waals surface area contributed by atoms with Gasteiger partial charge in [-0.15, -0.1) is 0 Å². The number of amides is 2. The predicted molar refractivity (Wildman–Crippen MR) is 172 cm³/mol. The van der Waals surface area contributed by atoms with Gasteiger partial charge < -0.3 is 14.8 Å². The minimum atomic E-state index is -0.257. The van der Waals surface area contributed by atoms with Crippen molar-refractivity contribution in [1.29, 1.82) is 0 Å². The lowest BCUT2D eigenvalue weighted by Crippen LogP contribution is -2.28. The molecule has 7 nitrogen and oxygen atoms in total. The summed E-state index contributed by atoms with van der Waals surface area (Å²) in [6, 6.07) is 30.2. The Balaban J connectivity index is 1.31. The third kappa shape index (κ3) is 7.48. The van der Waals surface area contributed by atoms with E-state index in [1.807, 2.05) is 104 Å². The lowest BCUT2D eigenvalue weighted by molar-refractivity contribution is -0.122. The van der Waals surface area contributed by atoms with E-state index in [4.69, 9.17) is 14.5 Å². The van der Waals surface area contributed by atoms with Crippen LogP contribution >= 0.6 is 27.7 Å². The molecule has 0 atom stereocenters. The summed E-state index contributed by atoms with van der Waals surface area (Å²) in [5.74, 6) is 0.889. The summed E-state index contributed by atoms with van der Waals surface area (Å²) < 4.78 is 11.7. The molecule has 2 amide bonds. The first-order chi connectivity index (χ1) is 20.4. The molecule has 0 aromatic heterocycles. The van der Waals surface area contributed by atoms with Crippen molar-refractivity contribution in [2.24, 2.45) is 4.99 Å². The number of carbonyl (C=O) groups is 2. The van der Waals surface area contributed by atoms with E-state index in [-0.39, 0.29) is 18.4 Å². The van der Waals surface area contributed by atoms with E-state index < -0.39 is 0 Å². The van der Waals surface area contributed by atoms with Crippen LogP contribution in [-0.4, -0.2) is 35.6 Å². The number of ether oxygens (including phenoxy) is 2. The van der Waals surface area contributed by atoms with Gasteiger partial charge in [0.15, 0.2) is 11.8 Å². The van der Waals surface area contributed by atoms with Gasteiger partial charge in [-0.3, -0.25) is 14.5 Å². The van der Waals surface area contributed by atoms with E-state index in [9.17, 15) is 9.59 Å². The van der Waals surface area contributed by atoms with Crippen LogP contribution in [0.15, 0.2) is 111 Å². The van der Waals surface area contributed by atoms with E-state index >= 15 is 0 Å². The number of halogens is 1. The van der Waals surface area contributed by atoms with Gasteiger partial charge in [-0.05, 0) is 100 Å². The van der Waals surface area contributed by atoms with Crippen LogP contribution in [0.4, 0.5) is 11.4 Å². The smallest absolute Gasteiger partial charge is 0.267 e. The number of amidine groups is 1. The second-order valence-corrected chi connectivity index (χ2v) is 11.3. The number of nitrogens with one attached hydrogen (secondary N) is 1. The van der Waals surface area contributed by atoms with E-state index in [2.05, 4.69) is 21.2 Å². The third-order valence-electron chi connectivity index (χ3n) is 6.32. The molecule has 1 saturated heterocycles. The molecular weight excluding hydrogens is 614 g/mol. The molecule has 1 aliphatic heterocycles. The molecule has 0 aliphatic carbocycles. The predicted octanol–water partition coefficient (Wildman–Crippen LogP) is 7.59. The molecule has 0 saturated carbocycles. The summed E-state index contributed by atoms with van der Waals surface area (Å²) in [6.45, 7) is 2.23. The number of anilines is 1. The SMILES string of the molecule is COc1ccc(CN2C(=O)/C(=C/c3ccc(OCC(=O)Nc4ccc(C)cc4)c(Br)c3)SC2=Nc2ccccc2)cc1. The lowest BCUT2D eigenvalue weighted by Gasteiger charge is -2.16. The van der Waals surface area contributed by atoms with Crippen molar-refractivity contribution in [2.45, 2.75) is 13.5 Å². The Morgan fingerprint density at radius 1 is 1.00 bits per heavy atom. The van der Waals surface area contributed by atoms with Crippen molar-refractivity contribution < 1.29 is 19.1 Å². The number of methoxy groups -OCH3 is 1. The molecule has 1 N–H and O–H groups in total. The summed E-state index contributed by atoms with van der Waals surface area (Å²) in [6.07, 6.45) is 1.83. The van der Waals surface area contributed by atoms with Crippen molar-refractivity contribution in [3.05, 3.63) is 123 Å². The Labute approximate surface area is 257 Å². The number of nitrogens with zero attached hydrogens (tertiary/aromatic N) is 2. The first-order valence-electron chi connectivity index (χ1n) is 13.1. The highest BCUT2D eigenvalue weighted by atomic mass is 79.9. The quantitative estimate of drug-likeness (QED) is 0.191. The number of carbonyl (C=O) groups excluding carboxylic acids is 2. The van der Waals surface area contributed by atoms with Crippen LogP contribution in [0.1, 0.15) is 16.7 Å². The maximum absolute atomic E-state index is 13.6. The van der Waals surface area contributed by atoms with Gasteiger partial charge in [0, 0.05) is 5.69 Å². The van der Waals surface area contributed by atoms with Gasteiger partial charge in [0.25, 0.3) is 11.8 Å². The first kappa shape index (κ1) is 29.2. The molecule has 0 radical (unpaired) electrons. The van der Waals surface area contributed by atoms with Gasteiger partial charge in [0.05, 0.1) is 28.7 Å².